The normalized spacial score (nSPS) is 10.1. The van der Waals surface area contributed by atoms with E-state index in [-0.39, 0.29) is 12.2 Å². The highest BCUT2D eigenvalue weighted by atomic mass is 16.1. The molecule has 4 N–H and O–H groups in total. The molecular weight excluding hydrogens is 214 g/mol. The molecule has 0 radical (unpaired) electrons. The minimum Gasteiger partial charge on any atom is -0.399 e. The molecule has 2 rings (SSSR count). The summed E-state index contributed by atoms with van der Waals surface area (Å²) in [5, 5.41) is 0. The number of Topliss-reactive ketones (excluding diaryl/α,β-unsaturated/α-hetero) is 1. The van der Waals surface area contributed by atoms with E-state index in [2.05, 4.69) is 4.98 Å². The van der Waals surface area contributed by atoms with Crippen LogP contribution in [0.25, 0.3) is 0 Å². The van der Waals surface area contributed by atoms with E-state index >= 15 is 0 Å². The molecule has 0 atom stereocenters. The molecule has 0 aliphatic rings. The molecule has 4 heteroatoms. The van der Waals surface area contributed by atoms with Gasteiger partial charge in [0.1, 0.15) is 0 Å². The van der Waals surface area contributed by atoms with E-state index in [1.807, 2.05) is 0 Å². The first-order chi connectivity index (χ1) is 8.15. The van der Waals surface area contributed by atoms with Crippen molar-refractivity contribution in [2.24, 2.45) is 0 Å². The quantitative estimate of drug-likeness (QED) is 0.617. The SMILES string of the molecule is Nc1ccc(C(=O)Cc2ccc(N)cn2)cc1. The van der Waals surface area contributed by atoms with E-state index in [9.17, 15) is 4.79 Å². The molecule has 1 heterocycles. The van der Waals surface area contributed by atoms with Gasteiger partial charge in [-0.1, -0.05) is 0 Å². The van der Waals surface area contributed by atoms with Gasteiger partial charge in [-0.3, -0.25) is 9.78 Å². The van der Waals surface area contributed by atoms with Crippen LogP contribution in [0.2, 0.25) is 0 Å². The maximum Gasteiger partial charge on any atom is 0.168 e. The van der Waals surface area contributed by atoms with Gasteiger partial charge in [0.2, 0.25) is 0 Å². The third kappa shape index (κ3) is 2.81. The lowest BCUT2D eigenvalue weighted by Crippen LogP contribution is -2.05. The van der Waals surface area contributed by atoms with Crippen LogP contribution in [-0.2, 0) is 6.42 Å². The molecule has 0 bridgehead atoms. The van der Waals surface area contributed by atoms with Crippen molar-refractivity contribution in [3.63, 3.8) is 0 Å². The standard InChI is InChI=1S/C13H13N3O/c14-10-3-1-9(2-4-10)13(17)7-12-6-5-11(15)8-16-12/h1-6,8H,7,14-15H2. The van der Waals surface area contributed by atoms with Gasteiger partial charge in [-0.2, -0.15) is 0 Å². The number of nitrogens with zero attached hydrogens (tertiary/aromatic N) is 1. The number of ketones is 1. The fourth-order valence-electron chi connectivity index (χ4n) is 1.48. The van der Waals surface area contributed by atoms with Crippen LogP contribution in [-0.4, -0.2) is 10.8 Å². The average Bonchev–Trinajstić information content (AvgIpc) is 2.33. The lowest BCUT2D eigenvalue weighted by Gasteiger charge is -2.02. The summed E-state index contributed by atoms with van der Waals surface area (Å²) in [5.41, 5.74) is 13.7. The third-order valence-electron chi connectivity index (χ3n) is 2.42. The monoisotopic (exact) mass is 227 g/mol. The molecule has 0 amide bonds. The molecule has 17 heavy (non-hydrogen) atoms. The predicted octanol–water partition coefficient (Wildman–Crippen LogP) is 1.67. The van der Waals surface area contributed by atoms with Crippen molar-refractivity contribution in [3.05, 3.63) is 53.9 Å². The molecule has 0 saturated carbocycles. The first-order valence-corrected chi connectivity index (χ1v) is 5.24. The number of hydrogen-bond acceptors (Lipinski definition) is 4. The average molecular weight is 227 g/mol. The van der Waals surface area contributed by atoms with Gasteiger partial charge in [0.15, 0.2) is 5.78 Å². The highest BCUT2D eigenvalue weighted by Gasteiger charge is 2.07. The maximum absolute atomic E-state index is 11.9. The first-order valence-electron chi connectivity index (χ1n) is 5.24. The third-order valence-corrected chi connectivity index (χ3v) is 2.42. The number of aromatic nitrogens is 1. The maximum atomic E-state index is 11.9. The van der Waals surface area contributed by atoms with Crippen LogP contribution in [0.1, 0.15) is 16.1 Å². The van der Waals surface area contributed by atoms with Crippen molar-refractivity contribution >= 4 is 17.2 Å². The van der Waals surface area contributed by atoms with Crippen LogP contribution >= 0.6 is 0 Å². The number of carbonyl (C=O) groups excluding carboxylic acids is 1. The zero-order chi connectivity index (χ0) is 12.3. The highest BCUT2D eigenvalue weighted by Crippen LogP contribution is 2.09. The van der Waals surface area contributed by atoms with E-state index < -0.39 is 0 Å². The van der Waals surface area contributed by atoms with Crippen molar-refractivity contribution in [2.75, 3.05) is 11.5 Å². The second-order valence-electron chi connectivity index (χ2n) is 3.80. The van der Waals surface area contributed by atoms with Crippen molar-refractivity contribution in [1.29, 1.82) is 0 Å². The van der Waals surface area contributed by atoms with Crippen molar-refractivity contribution in [2.45, 2.75) is 6.42 Å². The predicted molar refractivity (Wildman–Crippen MR) is 67.5 cm³/mol. The number of benzene rings is 1. The molecule has 4 nitrogen and oxygen atoms in total. The van der Waals surface area contributed by atoms with Gasteiger partial charge in [0, 0.05) is 16.9 Å². The molecule has 0 fully saturated rings. The van der Waals surface area contributed by atoms with E-state index in [0.29, 0.717) is 22.6 Å². The Hall–Kier alpha value is -2.36. The molecule has 86 valence electrons. The second-order valence-corrected chi connectivity index (χ2v) is 3.80. The van der Waals surface area contributed by atoms with Gasteiger partial charge >= 0.3 is 0 Å². The van der Waals surface area contributed by atoms with E-state index in [0.717, 1.165) is 0 Å². The Balaban J connectivity index is 2.11. The molecule has 0 saturated heterocycles. The Labute approximate surface area is 99.3 Å². The Bertz CT molecular complexity index is 517. The van der Waals surface area contributed by atoms with Crippen molar-refractivity contribution < 1.29 is 4.79 Å². The van der Waals surface area contributed by atoms with Gasteiger partial charge in [-0.05, 0) is 36.4 Å². The van der Waals surface area contributed by atoms with Crippen LogP contribution in [0.15, 0.2) is 42.6 Å². The molecule has 0 spiro atoms. The summed E-state index contributed by atoms with van der Waals surface area (Å²) >= 11 is 0. The number of rotatable bonds is 3. The molecule has 1 aromatic heterocycles. The lowest BCUT2D eigenvalue weighted by atomic mass is 10.1. The van der Waals surface area contributed by atoms with Gasteiger partial charge in [0.25, 0.3) is 0 Å². The van der Waals surface area contributed by atoms with Gasteiger partial charge in [0.05, 0.1) is 18.3 Å². The number of nitrogen functional groups attached to an aromatic ring is 2. The minimum atomic E-state index is 0.0160. The lowest BCUT2D eigenvalue weighted by molar-refractivity contribution is 0.0992. The van der Waals surface area contributed by atoms with Crippen LogP contribution in [0.4, 0.5) is 11.4 Å². The number of carbonyl (C=O) groups is 1. The first kappa shape index (κ1) is 11.1. The van der Waals surface area contributed by atoms with Gasteiger partial charge in [-0.25, -0.2) is 0 Å². The Morgan fingerprint density at radius 2 is 1.65 bits per heavy atom. The molecule has 1 aromatic carbocycles. The van der Waals surface area contributed by atoms with Crippen molar-refractivity contribution in [1.82, 2.24) is 4.98 Å². The highest BCUT2D eigenvalue weighted by molar-refractivity contribution is 5.97. The summed E-state index contributed by atoms with van der Waals surface area (Å²) in [5.74, 6) is 0.0160. The zero-order valence-electron chi connectivity index (χ0n) is 9.26. The number of nitrogens with two attached hydrogens (primary N) is 2. The van der Waals surface area contributed by atoms with Crippen LogP contribution < -0.4 is 11.5 Å². The van der Waals surface area contributed by atoms with Gasteiger partial charge < -0.3 is 11.5 Å². The summed E-state index contributed by atoms with van der Waals surface area (Å²) in [6, 6.07) is 10.3. The van der Waals surface area contributed by atoms with E-state index in [1.54, 1.807) is 42.6 Å². The van der Waals surface area contributed by atoms with Crippen LogP contribution in [0.3, 0.4) is 0 Å². The molecule has 0 aliphatic carbocycles. The van der Waals surface area contributed by atoms with Crippen LogP contribution in [0.5, 0.6) is 0 Å². The molecule has 0 aliphatic heterocycles. The number of anilines is 2. The number of pyridine rings is 1. The fraction of sp³-hybridized carbons (Fsp3) is 0.0769. The summed E-state index contributed by atoms with van der Waals surface area (Å²) in [7, 11) is 0. The molecular formula is C13H13N3O. The van der Waals surface area contributed by atoms with Crippen LogP contribution in [0, 0.1) is 0 Å². The zero-order valence-corrected chi connectivity index (χ0v) is 9.26. The molecule has 2 aromatic rings. The topological polar surface area (TPSA) is 82.0 Å². The largest absolute Gasteiger partial charge is 0.399 e. The molecule has 0 unspecified atom stereocenters. The van der Waals surface area contributed by atoms with E-state index in [1.165, 1.54) is 0 Å². The summed E-state index contributed by atoms with van der Waals surface area (Å²) in [6.07, 6.45) is 1.82. The number of hydrogen-bond donors (Lipinski definition) is 2. The Kier molecular flexibility index (Phi) is 3.05. The summed E-state index contributed by atoms with van der Waals surface area (Å²) in [4.78, 5) is 16.0. The van der Waals surface area contributed by atoms with Crippen molar-refractivity contribution in [3.8, 4) is 0 Å². The van der Waals surface area contributed by atoms with E-state index in [4.69, 9.17) is 11.5 Å². The summed E-state index contributed by atoms with van der Waals surface area (Å²) in [6.45, 7) is 0. The van der Waals surface area contributed by atoms with Gasteiger partial charge in [-0.15, -0.1) is 0 Å². The fourth-order valence-corrected chi connectivity index (χ4v) is 1.48. The Morgan fingerprint density at radius 3 is 2.24 bits per heavy atom. The Morgan fingerprint density at radius 1 is 1.00 bits per heavy atom. The second kappa shape index (κ2) is 4.65. The smallest absolute Gasteiger partial charge is 0.168 e. The minimum absolute atomic E-state index is 0.0160. The summed E-state index contributed by atoms with van der Waals surface area (Å²) < 4.78 is 0.